The van der Waals surface area contributed by atoms with E-state index in [-0.39, 0.29) is 21.7 Å². The molecule has 0 bridgehead atoms. The molecule has 0 spiro atoms. The van der Waals surface area contributed by atoms with Gasteiger partial charge < -0.3 is 15.0 Å². The number of benzene rings is 2. The Morgan fingerprint density at radius 1 is 1.22 bits per heavy atom. The van der Waals surface area contributed by atoms with Crippen molar-refractivity contribution in [3.63, 3.8) is 0 Å². The molecule has 3 rings (SSSR count). The molecule has 2 N–H and O–H groups in total. The Morgan fingerprint density at radius 2 is 1.94 bits per heavy atom. The highest BCUT2D eigenvalue weighted by atomic mass is 35.5. The number of hydrogen-bond donors (Lipinski definition) is 2. The van der Waals surface area contributed by atoms with Gasteiger partial charge in [-0.3, -0.25) is 9.59 Å². The van der Waals surface area contributed by atoms with Gasteiger partial charge in [0.25, 0.3) is 5.56 Å². The molecule has 168 valence electrons. The summed E-state index contributed by atoms with van der Waals surface area (Å²) < 4.78 is 30.9. The fourth-order valence-corrected chi connectivity index (χ4v) is 4.73. The first kappa shape index (κ1) is 23.8. The maximum atomic E-state index is 12.8. The Morgan fingerprint density at radius 3 is 2.59 bits per heavy atom. The Labute approximate surface area is 194 Å². The van der Waals surface area contributed by atoms with Gasteiger partial charge in [0.2, 0.25) is 15.7 Å². The molecule has 0 saturated heterocycles. The van der Waals surface area contributed by atoms with Gasteiger partial charge in [0, 0.05) is 10.7 Å². The summed E-state index contributed by atoms with van der Waals surface area (Å²) in [6.07, 6.45) is 0.992. The predicted octanol–water partition coefficient (Wildman–Crippen LogP) is 3.69. The van der Waals surface area contributed by atoms with E-state index in [2.05, 4.69) is 15.3 Å². The fraction of sp³-hybridized carbons (Fsp3) is 0.190. The van der Waals surface area contributed by atoms with Gasteiger partial charge in [0.1, 0.15) is 5.75 Å². The number of nitrogens with zero attached hydrogens (tertiary/aromatic N) is 1. The number of aromatic nitrogens is 2. The van der Waals surface area contributed by atoms with Gasteiger partial charge in [-0.25, -0.2) is 13.4 Å². The normalized spacial score (nSPS) is 11.2. The van der Waals surface area contributed by atoms with Gasteiger partial charge in [-0.05, 0) is 55.8 Å². The smallest absolute Gasteiger partial charge is 0.270 e. The van der Waals surface area contributed by atoms with E-state index in [1.165, 1.54) is 24.3 Å². The Kier molecular flexibility index (Phi) is 7.60. The van der Waals surface area contributed by atoms with Crippen LogP contribution in [0.3, 0.4) is 0 Å². The van der Waals surface area contributed by atoms with Crippen LogP contribution in [-0.2, 0) is 14.6 Å². The van der Waals surface area contributed by atoms with Gasteiger partial charge in [-0.15, -0.1) is 0 Å². The highest BCUT2D eigenvalue weighted by Gasteiger charge is 2.22. The van der Waals surface area contributed by atoms with Gasteiger partial charge in [-0.1, -0.05) is 29.4 Å². The molecule has 11 heteroatoms. The maximum Gasteiger partial charge on any atom is 0.270 e. The maximum absolute atomic E-state index is 12.8. The van der Waals surface area contributed by atoms with Crippen LogP contribution < -0.4 is 15.6 Å². The number of halogens is 1. The number of rotatable bonds is 8. The Hall–Kier alpha value is -2.82. The molecule has 1 amide bonds. The molecular weight excluding hydrogens is 474 g/mol. The van der Waals surface area contributed by atoms with Crippen molar-refractivity contribution in [3.8, 4) is 5.75 Å². The van der Waals surface area contributed by atoms with Crippen LogP contribution in [0.15, 0.2) is 68.4 Å². The van der Waals surface area contributed by atoms with E-state index in [0.717, 1.165) is 23.5 Å². The summed E-state index contributed by atoms with van der Waals surface area (Å²) >= 11 is 6.92. The van der Waals surface area contributed by atoms with Crippen molar-refractivity contribution in [2.75, 3.05) is 17.7 Å². The third kappa shape index (κ3) is 5.70. The number of H-pyrrole nitrogens is 1. The van der Waals surface area contributed by atoms with Gasteiger partial charge in [0.15, 0.2) is 10.1 Å². The molecule has 0 aliphatic rings. The summed E-state index contributed by atoms with van der Waals surface area (Å²) in [5, 5.41) is 3.35. The van der Waals surface area contributed by atoms with E-state index in [1.807, 2.05) is 13.8 Å². The molecule has 0 fully saturated rings. The highest BCUT2D eigenvalue weighted by molar-refractivity contribution is 7.99. The predicted molar refractivity (Wildman–Crippen MR) is 123 cm³/mol. The van der Waals surface area contributed by atoms with Crippen LogP contribution >= 0.6 is 23.4 Å². The number of carbonyl (C=O) groups is 1. The zero-order chi connectivity index (χ0) is 23.3. The lowest BCUT2D eigenvalue weighted by Crippen LogP contribution is -2.20. The van der Waals surface area contributed by atoms with Crippen LogP contribution in [0.5, 0.6) is 5.75 Å². The number of carbonyl (C=O) groups excluding carboxylic acids is 1. The third-order valence-electron chi connectivity index (χ3n) is 4.29. The molecule has 0 aliphatic heterocycles. The van der Waals surface area contributed by atoms with Crippen LogP contribution in [0.2, 0.25) is 5.02 Å². The van der Waals surface area contributed by atoms with Gasteiger partial charge >= 0.3 is 0 Å². The second kappa shape index (κ2) is 10.2. The fourth-order valence-electron chi connectivity index (χ4n) is 2.69. The number of thioether (sulfide) groups is 1. The summed E-state index contributed by atoms with van der Waals surface area (Å²) in [6.45, 7) is 4.10. The van der Waals surface area contributed by atoms with Gasteiger partial charge in [0.05, 0.1) is 23.5 Å². The summed E-state index contributed by atoms with van der Waals surface area (Å²) in [4.78, 5) is 30.5. The van der Waals surface area contributed by atoms with Crippen molar-refractivity contribution in [1.82, 2.24) is 9.97 Å². The zero-order valence-corrected chi connectivity index (χ0v) is 19.6. The molecule has 0 aliphatic carbocycles. The largest absolute Gasteiger partial charge is 0.494 e. The molecule has 0 radical (unpaired) electrons. The average Bonchev–Trinajstić information content (AvgIpc) is 2.75. The van der Waals surface area contributed by atoms with E-state index in [1.54, 1.807) is 18.2 Å². The van der Waals surface area contributed by atoms with E-state index in [4.69, 9.17) is 16.3 Å². The first-order valence-corrected chi connectivity index (χ1v) is 12.3. The van der Waals surface area contributed by atoms with Crippen molar-refractivity contribution in [3.05, 3.63) is 69.6 Å². The van der Waals surface area contributed by atoms with E-state index in [0.29, 0.717) is 23.1 Å². The van der Waals surface area contributed by atoms with Crippen LogP contribution in [-0.4, -0.2) is 36.7 Å². The van der Waals surface area contributed by atoms with Gasteiger partial charge in [-0.2, -0.15) is 0 Å². The lowest BCUT2D eigenvalue weighted by atomic mass is 10.2. The van der Waals surface area contributed by atoms with Crippen LogP contribution in [0.25, 0.3) is 0 Å². The van der Waals surface area contributed by atoms with Crippen LogP contribution in [0.4, 0.5) is 5.69 Å². The third-order valence-corrected chi connectivity index (χ3v) is 7.18. The second-order valence-electron chi connectivity index (χ2n) is 6.59. The SMILES string of the molecule is CCOc1ccc(S(=O)(=O)c2cnc(SCC(=O)Nc3cc(Cl)ccc3C)[nH]c2=O)cc1. The number of hydrogen-bond acceptors (Lipinski definition) is 7. The minimum atomic E-state index is -4.06. The summed E-state index contributed by atoms with van der Waals surface area (Å²) in [5.41, 5.74) is 0.618. The second-order valence-corrected chi connectivity index (χ2v) is 9.90. The minimum absolute atomic E-state index is 0.0418. The van der Waals surface area contributed by atoms with Crippen LogP contribution in [0, 0.1) is 6.92 Å². The number of anilines is 1. The van der Waals surface area contributed by atoms with E-state index >= 15 is 0 Å². The van der Waals surface area contributed by atoms with Crippen molar-refractivity contribution >= 4 is 44.8 Å². The highest BCUT2D eigenvalue weighted by Crippen LogP contribution is 2.23. The average molecular weight is 494 g/mol. The van der Waals surface area contributed by atoms with Crippen molar-refractivity contribution < 1.29 is 17.9 Å². The Balaban J connectivity index is 1.70. The lowest BCUT2D eigenvalue weighted by Gasteiger charge is -2.09. The van der Waals surface area contributed by atoms with Crippen molar-refractivity contribution in [1.29, 1.82) is 0 Å². The van der Waals surface area contributed by atoms with Crippen molar-refractivity contribution in [2.24, 2.45) is 0 Å². The number of aryl methyl sites for hydroxylation is 1. The monoisotopic (exact) mass is 493 g/mol. The van der Waals surface area contributed by atoms with Crippen LogP contribution in [0.1, 0.15) is 12.5 Å². The number of sulfone groups is 1. The summed E-state index contributed by atoms with van der Waals surface area (Å²) in [6, 6.07) is 10.9. The molecule has 0 atom stereocenters. The lowest BCUT2D eigenvalue weighted by molar-refractivity contribution is -0.113. The minimum Gasteiger partial charge on any atom is -0.494 e. The van der Waals surface area contributed by atoms with Crippen molar-refractivity contribution in [2.45, 2.75) is 28.8 Å². The molecule has 1 aromatic heterocycles. The molecule has 32 heavy (non-hydrogen) atoms. The number of ether oxygens (including phenoxy) is 1. The molecule has 2 aromatic carbocycles. The topological polar surface area (TPSA) is 118 Å². The molecule has 0 saturated carbocycles. The molecule has 0 unspecified atom stereocenters. The number of amides is 1. The quantitative estimate of drug-likeness (QED) is 0.363. The van der Waals surface area contributed by atoms with E-state index < -0.39 is 20.3 Å². The first-order chi connectivity index (χ1) is 15.2. The summed E-state index contributed by atoms with van der Waals surface area (Å²) in [7, 11) is -4.06. The first-order valence-electron chi connectivity index (χ1n) is 9.46. The Bertz CT molecular complexity index is 1290. The molecule has 8 nitrogen and oxygen atoms in total. The standard InChI is InChI=1S/C21H20ClN3O5S2/c1-3-30-15-6-8-16(9-7-15)32(28,29)18-11-23-21(25-20(18)27)31-12-19(26)24-17-10-14(22)5-4-13(17)2/h4-11H,3,12H2,1-2H3,(H,24,26)(H,23,25,27). The molecule has 3 aromatic rings. The summed E-state index contributed by atoms with van der Waals surface area (Å²) in [5.74, 6) is 0.158. The van der Waals surface area contributed by atoms with E-state index in [9.17, 15) is 18.0 Å². The zero-order valence-electron chi connectivity index (χ0n) is 17.2. The molecule has 1 heterocycles. The number of nitrogens with one attached hydrogen (secondary N) is 2. The molecular formula is C21H20ClN3O5S2. The number of aromatic amines is 1.